The second-order valence-electron chi connectivity index (χ2n) is 4.63. The van der Waals surface area contributed by atoms with Crippen LogP contribution in [-0.2, 0) is 11.3 Å². The van der Waals surface area contributed by atoms with Crippen molar-refractivity contribution in [1.29, 1.82) is 0 Å². The molecule has 0 unspecified atom stereocenters. The average molecular weight is 283 g/mol. The van der Waals surface area contributed by atoms with Crippen molar-refractivity contribution >= 4 is 17.2 Å². The highest BCUT2D eigenvalue weighted by Gasteiger charge is 2.06. The Bertz CT molecular complexity index is 409. The van der Waals surface area contributed by atoms with E-state index >= 15 is 0 Å². The predicted molar refractivity (Wildman–Crippen MR) is 80.7 cm³/mol. The molecule has 0 aromatic heterocycles. The molecule has 0 saturated heterocycles. The molecule has 1 rings (SSSR count). The smallest absolute Gasteiger partial charge is 0.123 e. The number of benzene rings is 1. The minimum Gasteiger partial charge on any atom is -0.389 e. The average Bonchev–Trinajstić information content (AvgIpc) is 2.37. The molecule has 0 radical (unpaired) electrons. The molecule has 0 aliphatic rings. The van der Waals surface area contributed by atoms with Crippen LogP contribution in [0, 0.1) is 5.82 Å². The van der Waals surface area contributed by atoms with Gasteiger partial charge in [-0.25, -0.2) is 4.39 Å². The van der Waals surface area contributed by atoms with Gasteiger partial charge in [-0.3, -0.25) is 0 Å². The Morgan fingerprint density at radius 1 is 1.26 bits per heavy atom. The van der Waals surface area contributed by atoms with Gasteiger partial charge in [0, 0.05) is 12.2 Å². The zero-order valence-corrected chi connectivity index (χ0v) is 12.3. The van der Waals surface area contributed by atoms with Gasteiger partial charge in [0.05, 0.1) is 6.61 Å². The summed E-state index contributed by atoms with van der Waals surface area (Å²) in [5.74, 6) is -0.290. The SMILES string of the molecule is CCCCCCCOCc1cc(F)ccc1C(N)=S. The van der Waals surface area contributed by atoms with Crippen molar-refractivity contribution in [1.82, 2.24) is 0 Å². The summed E-state index contributed by atoms with van der Waals surface area (Å²) in [6.07, 6.45) is 5.98. The quantitative estimate of drug-likeness (QED) is 0.550. The molecule has 0 aliphatic carbocycles. The van der Waals surface area contributed by atoms with Crippen molar-refractivity contribution in [3.8, 4) is 0 Å². The number of halogens is 1. The first-order valence-corrected chi connectivity index (χ1v) is 7.22. The van der Waals surface area contributed by atoms with Gasteiger partial charge < -0.3 is 10.5 Å². The lowest BCUT2D eigenvalue weighted by Gasteiger charge is -2.09. The molecule has 0 bridgehead atoms. The third-order valence-corrected chi connectivity index (χ3v) is 3.20. The molecule has 106 valence electrons. The van der Waals surface area contributed by atoms with Crippen LogP contribution in [0.5, 0.6) is 0 Å². The third kappa shape index (κ3) is 6.12. The summed E-state index contributed by atoms with van der Waals surface area (Å²) in [5, 5.41) is 0. The molecular formula is C15H22FNOS. The van der Waals surface area contributed by atoms with Crippen LogP contribution < -0.4 is 5.73 Å². The summed E-state index contributed by atoms with van der Waals surface area (Å²) in [6, 6.07) is 4.41. The Kier molecular flexibility index (Phi) is 7.60. The fourth-order valence-electron chi connectivity index (χ4n) is 1.91. The lowest BCUT2D eigenvalue weighted by Crippen LogP contribution is -2.13. The van der Waals surface area contributed by atoms with E-state index in [1.165, 1.54) is 37.8 Å². The van der Waals surface area contributed by atoms with E-state index in [2.05, 4.69) is 6.92 Å². The van der Waals surface area contributed by atoms with Gasteiger partial charge in [-0.1, -0.05) is 44.8 Å². The number of hydrogen-bond donors (Lipinski definition) is 1. The zero-order valence-electron chi connectivity index (χ0n) is 11.5. The summed E-state index contributed by atoms with van der Waals surface area (Å²) < 4.78 is 18.7. The van der Waals surface area contributed by atoms with Crippen molar-refractivity contribution < 1.29 is 9.13 Å². The van der Waals surface area contributed by atoms with Crippen molar-refractivity contribution in [2.24, 2.45) is 5.73 Å². The van der Waals surface area contributed by atoms with Crippen LogP contribution in [0.25, 0.3) is 0 Å². The summed E-state index contributed by atoms with van der Waals surface area (Å²) in [5.41, 5.74) is 7.02. The Labute approximate surface area is 120 Å². The van der Waals surface area contributed by atoms with E-state index in [4.69, 9.17) is 22.7 Å². The third-order valence-electron chi connectivity index (χ3n) is 2.98. The Hall–Kier alpha value is -1.00. The van der Waals surface area contributed by atoms with Crippen LogP contribution in [0.15, 0.2) is 18.2 Å². The second kappa shape index (κ2) is 8.99. The number of ether oxygens (including phenoxy) is 1. The van der Waals surface area contributed by atoms with Crippen LogP contribution in [0.4, 0.5) is 4.39 Å². The summed E-state index contributed by atoms with van der Waals surface area (Å²) in [4.78, 5) is 0.279. The molecule has 0 saturated carbocycles. The minimum absolute atomic E-state index is 0.279. The van der Waals surface area contributed by atoms with E-state index in [1.54, 1.807) is 6.07 Å². The van der Waals surface area contributed by atoms with E-state index in [0.29, 0.717) is 18.8 Å². The van der Waals surface area contributed by atoms with Gasteiger partial charge in [0.15, 0.2) is 0 Å². The normalized spacial score (nSPS) is 10.6. The van der Waals surface area contributed by atoms with E-state index in [1.807, 2.05) is 0 Å². The highest BCUT2D eigenvalue weighted by atomic mass is 32.1. The van der Waals surface area contributed by atoms with Gasteiger partial charge in [-0.2, -0.15) is 0 Å². The van der Waals surface area contributed by atoms with Gasteiger partial charge in [-0.05, 0) is 30.2 Å². The molecule has 1 aromatic rings. The van der Waals surface area contributed by atoms with Gasteiger partial charge >= 0.3 is 0 Å². The van der Waals surface area contributed by atoms with Crippen molar-refractivity contribution in [3.05, 3.63) is 35.1 Å². The lowest BCUT2D eigenvalue weighted by molar-refractivity contribution is 0.116. The molecule has 2 N–H and O–H groups in total. The Balaban J connectivity index is 2.36. The second-order valence-corrected chi connectivity index (χ2v) is 5.07. The summed E-state index contributed by atoms with van der Waals surface area (Å²) >= 11 is 4.94. The zero-order chi connectivity index (χ0) is 14.1. The molecular weight excluding hydrogens is 261 g/mol. The van der Waals surface area contributed by atoms with Gasteiger partial charge in [0.25, 0.3) is 0 Å². The Morgan fingerprint density at radius 3 is 2.68 bits per heavy atom. The fraction of sp³-hybridized carbons (Fsp3) is 0.533. The molecule has 0 fully saturated rings. The molecule has 0 atom stereocenters. The number of thiocarbonyl (C=S) groups is 1. The van der Waals surface area contributed by atoms with E-state index in [-0.39, 0.29) is 10.8 Å². The molecule has 0 amide bonds. The van der Waals surface area contributed by atoms with Crippen molar-refractivity contribution in [2.45, 2.75) is 45.6 Å². The first kappa shape index (κ1) is 16.1. The van der Waals surface area contributed by atoms with E-state index in [0.717, 1.165) is 12.0 Å². The number of unbranched alkanes of at least 4 members (excludes halogenated alkanes) is 4. The minimum atomic E-state index is -0.290. The lowest BCUT2D eigenvalue weighted by atomic mass is 10.1. The maximum atomic E-state index is 13.2. The highest BCUT2D eigenvalue weighted by Crippen LogP contribution is 2.13. The van der Waals surface area contributed by atoms with E-state index < -0.39 is 0 Å². The van der Waals surface area contributed by atoms with E-state index in [9.17, 15) is 4.39 Å². The summed E-state index contributed by atoms with van der Waals surface area (Å²) in [7, 11) is 0. The van der Waals surface area contributed by atoms with Crippen LogP contribution in [0.1, 0.15) is 50.2 Å². The molecule has 2 nitrogen and oxygen atoms in total. The molecule has 0 spiro atoms. The van der Waals surface area contributed by atoms with Gasteiger partial charge in [0.1, 0.15) is 10.8 Å². The molecule has 1 aromatic carbocycles. The molecule has 0 heterocycles. The van der Waals surface area contributed by atoms with Gasteiger partial charge in [-0.15, -0.1) is 0 Å². The van der Waals surface area contributed by atoms with Crippen molar-refractivity contribution in [2.75, 3.05) is 6.61 Å². The largest absolute Gasteiger partial charge is 0.389 e. The first-order valence-electron chi connectivity index (χ1n) is 6.81. The van der Waals surface area contributed by atoms with Crippen LogP contribution in [-0.4, -0.2) is 11.6 Å². The van der Waals surface area contributed by atoms with Crippen LogP contribution in [0.2, 0.25) is 0 Å². The highest BCUT2D eigenvalue weighted by molar-refractivity contribution is 7.80. The first-order chi connectivity index (χ1) is 9.15. The van der Waals surface area contributed by atoms with Crippen LogP contribution in [0.3, 0.4) is 0 Å². The maximum absolute atomic E-state index is 13.2. The van der Waals surface area contributed by atoms with Crippen molar-refractivity contribution in [3.63, 3.8) is 0 Å². The number of hydrogen-bond acceptors (Lipinski definition) is 2. The standard InChI is InChI=1S/C15H22FNOS/c1-2-3-4-5-6-9-18-11-12-10-13(16)7-8-14(12)15(17)19/h7-8,10H,2-6,9,11H2,1H3,(H2,17,19). The summed E-state index contributed by atoms with van der Waals surface area (Å²) in [6.45, 7) is 3.24. The monoisotopic (exact) mass is 283 g/mol. The maximum Gasteiger partial charge on any atom is 0.123 e. The number of rotatable bonds is 9. The Morgan fingerprint density at radius 2 is 2.00 bits per heavy atom. The molecule has 0 aliphatic heterocycles. The predicted octanol–water partition coefficient (Wildman–Crippen LogP) is 3.95. The number of nitrogens with two attached hydrogens (primary N) is 1. The molecule has 19 heavy (non-hydrogen) atoms. The van der Waals surface area contributed by atoms with Crippen LogP contribution >= 0.6 is 12.2 Å². The fourth-order valence-corrected chi connectivity index (χ4v) is 2.11. The topological polar surface area (TPSA) is 35.2 Å². The van der Waals surface area contributed by atoms with Gasteiger partial charge in [0.2, 0.25) is 0 Å². The molecule has 4 heteroatoms.